The molecule has 0 aromatic heterocycles. The molecule has 4 heteroatoms. The molecule has 1 unspecified atom stereocenters. The lowest BCUT2D eigenvalue weighted by Gasteiger charge is -2.58. The second-order valence-electron chi connectivity index (χ2n) is 6.66. The Morgan fingerprint density at radius 3 is 1.84 bits per heavy atom. The van der Waals surface area contributed by atoms with E-state index in [1.807, 2.05) is 0 Å². The molecule has 4 aliphatic rings. The van der Waals surface area contributed by atoms with Crippen molar-refractivity contribution in [1.82, 2.24) is 0 Å². The molecule has 0 saturated heterocycles. The van der Waals surface area contributed by atoms with Crippen LogP contribution < -0.4 is 0 Å². The lowest BCUT2D eigenvalue weighted by molar-refractivity contribution is -0.133. The number of hydrogen-bond donors (Lipinski definition) is 2. The van der Waals surface area contributed by atoms with E-state index in [2.05, 4.69) is 13.8 Å². The van der Waals surface area contributed by atoms with Crippen LogP contribution in [-0.2, 0) is 4.74 Å². The summed E-state index contributed by atoms with van der Waals surface area (Å²) in [7, 11) is 0. The monoisotopic (exact) mass is 270 g/mol. The van der Waals surface area contributed by atoms with E-state index in [4.69, 9.17) is 19.7 Å². The molecule has 19 heavy (non-hydrogen) atoms. The Balaban J connectivity index is 0.000000297. The predicted octanol–water partition coefficient (Wildman–Crippen LogP) is 3.85. The topological polar surface area (TPSA) is 66.8 Å². The van der Waals surface area contributed by atoms with Gasteiger partial charge in [-0.1, -0.05) is 0 Å². The summed E-state index contributed by atoms with van der Waals surface area (Å²) in [6.45, 7) is 5.36. The first kappa shape index (κ1) is 14.6. The van der Waals surface area contributed by atoms with E-state index in [9.17, 15) is 0 Å². The fraction of sp³-hybridized carbons (Fsp3) is 0.933. The highest BCUT2D eigenvalue weighted by atomic mass is 16.6. The molecule has 4 nitrogen and oxygen atoms in total. The summed E-state index contributed by atoms with van der Waals surface area (Å²) < 4.78 is 5.93. The summed E-state index contributed by atoms with van der Waals surface area (Å²) in [6, 6.07) is 0. The van der Waals surface area contributed by atoms with E-state index in [0.29, 0.717) is 11.5 Å². The van der Waals surface area contributed by atoms with Crippen LogP contribution >= 0.6 is 0 Å². The Bertz CT molecular complexity index is 287. The fourth-order valence-electron chi connectivity index (χ4n) is 5.10. The van der Waals surface area contributed by atoms with Crippen LogP contribution in [0, 0.1) is 23.2 Å². The lowest BCUT2D eigenvalue weighted by atomic mass is 9.48. The highest BCUT2D eigenvalue weighted by molar-refractivity contribution is 5.53. The zero-order valence-electron chi connectivity index (χ0n) is 12.0. The summed E-state index contributed by atoms with van der Waals surface area (Å²) in [5.41, 5.74) is 0.588. The second kappa shape index (κ2) is 5.70. The molecule has 0 aromatic carbocycles. The molecule has 110 valence electrons. The SMILES string of the molecule is CCOC(C)C12CC3CC(CC(C3)C1)C2.O=C(O)O. The van der Waals surface area contributed by atoms with Crippen molar-refractivity contribution in [1.29, 1.82) is 0 Å². The van der Waals surface area contributed by atoms with E-state index in [1.165, 1.54) is 38.5 Å². The second-order valence-corrected chi connectivity index (χ2v) is 6.66. The Hall–Kier alpha value is -0.770. The van der Waals surface area contributed by atoms with Gasteiger partial charge in [0.2, 0.25) is 0 Å². The molecular formula is C15H26O4. The average molecular weight is 270 g/mol. The molecular weight excluding hydrogens is 244 g/mol. The van der Waals surface area contributed by atoms with Gasteiger partial charge in [0.05, 0.1) is 6.10 Å². The minimum atomic E-state index is -1.83. The number of carbonyl (C=O) groups is 1. The molecule has 2 N–H and O–H groups in total. The maximum Gasteiger partial charge on any atom is 0.503 e. The van der Waals surface area contributed by atoms with Gasteiger partial charge in [0, 0.05) is 6.61 Å². The first-order valence-electron chi connectivity index (χ1n) is 7.48. The van der Waals surface area contributed by atoms with Gasteiger partial charge in [-0.3, -0.25) is 0 Å². The molecule has 0 aromatic rings. The van der Waals surface area contributed by atoms with Crippen molar-refractivity contribution in [2.75, 3.05) is 6.61 Å². The third-order valence-electron chi connectivity index (χ3n) is 5.36. The van der Waals surface area contributed by atoms with Gasteiger partial charge in [-0.05, 0) is 75.5 Å². The smallest absolute Gasteiger partial charge is 0.450 e. The summed E-state index contributed by atoms with van der Waals surface area (Å²) in [5.74, 6) is 3.16. The van der Waals surface area contributed by atoms with Crippen LogP contribution in [0.2, 0.25) is 0 Å². The molecule has 0 radical (unpaired) electrons. The van der Waals surface area contributed by atoms with Gasteiger partial charge < -0.3 is 14.9 Å². The number of ether oxygens (including phenoxy) is 1. The van der Waals surface area contributed by atoms with Crippen LogP contribution in [0.1, 0.15) is 52.4 Å². The zero-order chi connectivity index (χ0) is 14.0. The fourth-order valence-corrected chi connectivity index (χ4v) is 5.10. The van der Waals surface area contributed by atoms with Crippen LogP contribution in [0.4, 0.5) is 4.79 Å². The van der Waals surface area contributed by atoms with E-state index in [0.717, 1.165) is 24.4 Å². The van der Waals surface area contributed by atoms with Crippen molar-refractivity contribution in [3.8, 4) is 0 Å². The highest BCUT2D eigenvalue weighted by Crippen LogP contribution is 2.61. The van der Waals surface area contributed by atoms with Gasteiger partial charge in [-0.15, -0.1) is 0 Å². The Morgan fingerprint density at radius 1 is 1.16 bits per heavy atom. The average Bonchev–Trinajstić information content (AvgIpc) is 2.26. The van der Waals surface area contributed by atoms with Crippen molar-refractivity contribution in [3.63, 3.8) is 0 Å². The van der Waals surface area contributed by atoms with E-state index in [-0.39, 0.29) is 0 Å². The van der Waals surface area contributed by atoms with Crippen molar-refractivity contribution >= 4 is 6.16 Å². The molecule has 4 saturated carbocycles. The Labute approximate surface area is 115 Å². The van der Waals surface area contributed by atoms with Crippen molar-refractivity contribution in [3.05, 3.63) is 0 Å². The quantitative estimate of drug-likeness (QED) is 0.817. The standard InChI is InChI=1S/C14H24O.CH2O3/c1-3-15-10(2)14-7-11-4-12(8-14)6-13(5-11)9-14;2-1(3)4/h10-13H,3-9H2,1-2H3;(H2,2,3,4). The van der Waals surface area contributed by atoms with Gasteiger partial charge >= 0.3 is 6.16 Å². The molecule has 4 rings (SSSR count). The van der Waals surface area contributed by atoms with Crippen LogP contribution in [-0.4, -0.2) is 29.1 Å². The first-order chi connectivity index (χ1) is 8.95. The molecule has 1 atom stereocenters. The third-order valence-corrected chi connectivity index (χ3v) is 5.36. The van der Waals surface area contributed by atoms with Gasteiger partial charge in [-0.25, -0.2) is 4.79 Å². The summed E-state index contributed by atoms with van der Waals surface area (Å²) >= 11 is 0. The Morgan fingerprint density at radius 2 is 1.53 bits per heavy atom. The molecule has 0 amide bonds. The van der Waals surface area contributed by atoms with Crippen molar-refractivity contribution in [2.24, 2.45) is 23.2 Å². The van der Waals surface area contributed by atoms with E-state index < -0.39 is 6.16 Å². The van der Waals surface area contributed by atoms with Gasteiger partial charge in [-0.2, -0.15) is 0 Å². The molecule has 0 spiro atoms. The highest BCUT2D eigenvalue weighted by Gasteiger charge is 2.53. The molecule has 4 fully saturated rings. The maximum absolute atomic E-state index is 8.56. The molecule has 4 bridgehead atoms. The van der Waals surface area contributed by atoms with Gasteiger partial charge in [0.15, 0.2) is 0 Å². The minimum Gasteiger partial charge on any atom is -0.450 e. The number of rotatable bonds is 3. The molecule has 0 aliphatic heterocycles. The number of carboxylic acid groups (broad SMARTS) is 2. The summed E-state index contributed by atoms with van der Waals surface area (Å²) in [6.07, 6.45) is 7.71. The summed E-state index contributed by atoms with van der Waals surface area (Å²) in [5, 5.41) is 13.9. The lowest BCUT2D eigenvalue weighted by Crippen LogP contribution is -2.51. The molecule has 0 heterocycles. The van der Waals surface area contributed by atoms with Gasteiger partial charge in [0.1, 0.15) is 0 Å². The number of hydrogen-bond acceptors (Lipinski definition) is 2. The van der Waals surface area contributed by atoms with Crippen LogP contribution in [0.25, 0.3) is 0 Å². The third kappa shape index (κ3) is 3.22. The zero-order valence-corrected chi connectivity index (χ0v) is 12.0. The van der Waals surface area contributed by atoms with E-state index in [1.54, 1.807) is 0 Å². The Kier molecular flexibility index (Phi) is 4.39. The van der Waals surface area contributed by atoms with Crippen LogP contribution in [0.5, 0.6) is 0 Å². The van der Waals surface area contributed by atoms with Crippen LogP contribution in [0.15, 0.2) is 0 Å². The van der Waals surface area contributed by atoms with Crippen LogP contribution in [0.3, 0.4) is 0 Å². The largest absolute Gasteiger partial charge is 0.503 e. The first-order valence-corrected chi connectivity index (χ1v) is 7.48. The van der Waals surface area contributed by atoms with Crippen molar-refractivity contribution < 1.29 is 19.7 Å². The minimum absolute atomic E-state index is 0.510. The van der Waals surface area contributed by atoms with Crippen molar-refractivity contribution in [2.45, 2.75) is 58.5 Å². The van der Waals surface area contributed by atoms with Gasteiger partial charge in [0.25, 0.3) is 0 Å². The predicted molar refractivity (Wildman–Crippen MR) is 72.3 cm³/mol. The molecule has 4 aliphatic carbocycles. The van der Waals surface area contributed by atoms with E-state index >= 15 is 0 Å². The normalized spacial score (nSPS) is 40.4. The maximum atomic E-state index is 8.56. The summed E-state index contributed by atoms with van der Waals surface area (Å²) in [4.78, 5) is 8.56.